The molecule has 0 aliphatic heterocycles. The Balaban J connectivity index is 2.39. The molecular weight excluding hydrogens is 260 g/mol. The summed E-state index contributed by atoms with van der Waals surface area (Å²) >= 11 is 0. The van der Waals surface area contributed by atoms with Gasteiger partial charge in [-0.15, -0.1) is 0 Å². The van der Waals surface area contributed by atoms with E-state index in [1.165, 1.54) is 7.11 Å². The van der Waals surface area contributed by atoms with Gasteiger partial charge >= 0.3 is 5.97 Å². The van der Waals surface area contributed by atoms with Crippen molar-refractivity contribution in [2.75, 3.05) is 33.8 Å². The van der Waals surface area contributed by atoms with Crippen molar-refractivity contribution in [3.05, 3.63) is 24.2 Å². The van der Waals surface area contributed by atoms with E-state index in [1.54, 1.807) is 24.3 Å². The van der Waals surface area contributed by atoms with Crippen LogP contribution in [0.2, 0.25) is 0 Å². The van der Waals surface area contributed by atoms with Gasteiger partial charge < -0.3 is 14.1 Å². The molecule has 0 saturated carbocycles. The second-order valence-electron chi connectivity index (χ2n) is 4.52. The molecule has 0 aliphatic rings. The number of carbonyl (C=O) groups is 2. The molecule has 112 valence electrons. The molecule has 0 aliphatic carbocycles. The quantitative estimate of drug-likeness (QED) is 0.669. The lowest BCUT2D eigenvalue weighted by molar-refractivity contribution is -0.141. The van der Waals surface area contributed by atoms with Crippen LogP contribution in [-0.4, -0.2) is 55.5 Å². The van der Waals surface area contributed by atoms with E-state index in [1.807, 2.05) is 17.9 Å². The molecule has 0 fully saturated rings. The van der Waals surface area contributed by atoms with Crippen molar-refractivity contribution in [3.63, 3.8) is 0 Å². The molecule has 6 heteroatoms. The van der Waals surface area contributed by atoms with Crippen LogP contribution in [0.5, 0.6) is 0 Å². The Bertz CT molecular complexity index is 417. The molecule has 1 amide bonds. The topological polar surface area (TPSA) is 63.0 Å². The summed E-state index contributed by atoms with van der Waals surface area (Å²) in [7, 11) is 3.10. The first-order chi connectivity index (χ1) is 9.56. The van der Waals surface area contributed by atoms with E-state index in [-0.39, 0.29) is 18.4 Å². The first-order valence-corrected chi connectivity index (χ1v) is 6.62. The molecule has 20 heavy (non-hydrogen) atoms. The van der Waals surface area contributed by atoms with Gasteiger partial charge in [0.25, 0.3) is 0 Å². The number of hydrogen-bond donors (Lipinski definition) is 0. The van der Waals surface area contributed by atoms with Gasteiger partial charge in [0.15, 0.2) is 0 Å². The standard InChI is InChI=1S/C14H22N2O4/c1-4-16(8-7-14(18)19-3)11-13(17)15(2)10-12-6-5-9-20-12/h5-6,9H,4,7-8,10-11H2,1-3H3. The van der Waals surface area contributed by atoms with E-state index in [9.17, 15) is 9.59 Å². The highest BCUT2D eigenvalue weighted by molar-refractivity contribution is 5.78. The minimum absolute atomic E-state index is 0.00637. The van der Waals surface area contributed by atoms with E-state index in [4.69, 9.17) is 4.42 Å². The van der Waals surface area contributed by atoms with Crippen LogP contribution in [-0.2, 0) is 20.9 Å². The van der Waals surface area contributed by atoms with Crippen molar-refractivity contribution in [2.45, 2.75) is 19.9 Å². The second kappa shape index (κ2) is 8.37. The average Bonchev–Trinajstić information content (AvgIpc) is 2.95. The van der Waals surface area contributed by atoms with Gasteiger partial charge in [0.2, 0.25) is 5.91 Å². The van der Waals surface area contributed by atoms with Crippen molar-refractivity contribution >= 4 is 11.9 Å². The van der Waals surface area contributed by atoms with Crippen molar-refractivity contribution in [3.8, 4) is 0 Å². The van der Waals surface area contributed by atoms with E-state index < -0.39 is 0 Å². The van der Waals surface area contributed by atoms with Gasteiger partial charge in [0.05, 0.1) is 32.9 Å². The number of carbonyl (C=O) groups excluding carboxylic acids is 2. The minimum Gasteiger partial charge on any atom is -0.469 e. The fraction of sp³-hybridized carbons (Fsp3) is 0.571. The van der Waals surface area contributed by atoms with E-state index in [0.29, 0.717) is 26.1 Å². The maximum Gasteiger partial charge on any atom is 0.306 e. The summed E-state index contributed by atoms with van der Waals surface area (Å²) in [4.78, 5) is 26.7. The third-order valence-corrected chi connectivity index (χ3v) is 3.06. The molecule has 0 bridgehead atoms. The summed E-state index contributed by atoms with van der Waals surface area (Å²) < 4.78 is 9.80. The molecule has 0 atom stereocenters. The summed E-state index contributed by atoms with van der Waals surface area (Å²) in [5.74, 6) is 0.478. The molecule has 0 unspecified atom stereocenters. The van der Waals surface area contributed by atoms with Gasteiger partial charge in [-0.3, -0.25) is 14.5 Å². The summed E-state index contributed by atoms with van der Waals surface area (Å²) in [6.45, 7) is 3.91. The van der Waals surface area contributed by atoms with Crippen LogP contribution in [0.25, 0.3) is 0 Å². The van der Waals surface area contributed by atoms with Crippen molar-refractivity contribution in [1.29, 1.82) is 0 Å². The maximum absolute atomic E-state index is 12.1. The zero-order valence-electron chi connectivity index (χ0n) is 12.3. The number of hydrogen-bond acceptors (Lipinski definition) is 5. The number of ether oxygens (including phenoxy) is 1. The van der Waals surface area contributed by atoms with Crippen LogP contribution < -0.4 is 0 Å². The molecular formula is C14H22N2O4. The predicted molar refractivity (Wildman–Crippen MR) is 73.9 cm³/mol. The lowest BCUT2D eigenvalue weighted by atomic mass is 10.3. The smallest absolute Gasteiger partial charge is 0.306 e. The molecule has 0 aromatic carbocycles. The zero-order valence-corrected chi connectivity index (χ0v) is 12.3. The molecule has 1 aromatic rings. The normalized spacial score (nSPS) is 10.6. The molecule has 0 radical (unpaired) electrons. The van der Waals surface area contributed by atoms with Crippen molar-refractivity contribution < 1.29 is 18.7 Å². The highest BCUT2D eigenvalue weighted by Crippen LogP contribution is 2.04. The number of furan rings is 1. The minimum atomic E-state index is -0.264. The fourth-order valence-corrected chi connectivity index (χ4v) is 1.74. The van der Waals surface area contributed by atoms with Gasteiger partial charge in [-0.05, 0) is 18.7 Å². The van der Waals surface area contributed by atoms with E-state index in [0.717, 1.165) is 5.76 Å². The summed E-state index contributed by atoms with van der Waals surface area (Å²) in [5, 5.41) is 0. The maximum atomic E-state index is 12.1. The molecule has 0 spiro atoms. The average molecular weight is 282 g/mol. The number of esters is 1. The molecule has 1 aromatic heterocycles. The number of methoxy groups -OCH3 is 1. The molecule has 0 saturated heterocycles. The molecule has 1 rings (SSSR count). The number of nitrogens with zero attached hydrogens (tertiary/aromatic N) is 2. The summed E-state index contributed by atoms with van der Waals surface area (Å²) in [5.41, 5.74) is 0. The highest BCUT2D eigenvalue weighted by Gasteiger charge is 2.15. The van der Waals surface area contributed by atoms with Crippen LogP contribution in [0.4, 0.5) is 0 Å². The first-order valence-electron chi connectivity index (χ1n) is 6.62. The third kappa shape index (κ3) is 5.44. The predicted octanol–water partition coefficient (Wildman–Crippen LogP) is 1.12. The van der Waals surface area contributed by atoms with E-state index in [2.05, 4.69) is 4.74 Å². The molecule has 6 nitrogen and oxygen atoms in total. The van der Waals surface area contributed by atoms with Crippen LogP contribution in [0.1, 0.15) is 19.1 Å². The van der Waals surface area contributed by atoms with Crippen LogP contribution in [0.3, 0.4) is 0 Å². The third-order valence-electron chi connectivity index (χ3n) is 3.06. The second-order valence-corrected chi connectivity index (χ2v) is 4.52. The number of likely N-dealkylation sites (N-methyl/N-ethyl adjacent to an activating group) is 2. The number of amides is 1. The molecule has 0 N–H and O–H groups in total. The van der Waals surface area contributed by atoms with Crippen LogP contribution in [0, 0.1) is 0 Å². The Labute approximate surface area is 119 Å². The monoisotopic (exact) mass is 282 g/mol. The van der Waals surface area contributed by atoms with Gasteiger partial charge in [-0.2, -0.15) is 0 Å². The molecule has 1 heterocycles. The van der Waals surface area contributed by atoms with Gasteiger partial charge in [0.1, 0.15) is 5.76 Å². The lowest BCUT2D eigenvalue weighted by Crippen LogP contribution is -2.39. The summed E-state index contributed by atoms with van der Waals surface area (Å²) in [6, 6.07) is 3.63. The first kappa shape index (κ1) is 16.2. The Morgan fingerprint density at radius 2 is 2.15 bits per heavy atom. The lowest BCUT2D eigenvalue weighted by Gasteiger charge is -2.23. The van der Waals surface area contributed by atoms with Gasteiger partial charge in [-0.25, -0.2) is 0 Å². The van der Waals surface area contributed by atoms with Gasteiger partial charge in [-0.1, -0.05) is 6.92 Å². The Morgan fingerprint density at radius 1 is 1.40 bits per heavy atom. The van der Waals surface area contributed by atoms with Crippen LogP contribution >= 0.6 is 0 Å². The Hall–Kier alpha value is -1.82. The van der Waals surface area contributed by atoms with Crippen molar-refractivity contribution in [2.24, 2.45) is 0 Å². The SMILES string of the molecule is CCN(CCC(=O)OC)CC(=O)N(C)Cc1ccco1. The zero-order chi connectivity index (χ0) is 15.0. The number of rotatable bonds is 8. The largest absolute Gasteiger partial charge is 0.469 e. The van der Waals surface area contributed by atoms with Crippen molar-refractivity contribution in [1.82, 2.24) is 9.80 Å². The van der Waals surface area contributed by atoms with Crippen LogP contribution in [0.15, 0.2) is 22.8 Å². The van der Waals surface area contributed by atoms with E-state index >= 15 is 0 Å². The van der Waals surface area contributed by atoms with Gasteiger partial charge in [0, 0.05) is 13.6 Å². The highest BCUT2D eigenvalue weighted by atomic mass is 16.5. The Kier molecular flexibility index (Phi) is 6.79. The fourth-order valence-electron chi connectivity index (χ4n) is 1.74. The Morgan fingerprint density at radius 3 is 2.70 bits per heavy atom. The summed E-state index contributed by atoms with van der Waals surface area (Å²) in [6.07, 6.45) is 1.88.